The summed E-state index contributed by atoms with van der Waals surface area (Å²) in [5.41, 5.74) is 8.34. The number of rotatable bonds is 6. The Morgan fingerprint density at radius 1 is 1.35 bits per heavy atom. The summed E-state index contributed by atoms with van der Waals surface area (Å²) in [5, 5.41) is 7.03. The van der Waals surface area contributed by atoms with Gasteiger partial charge in [-0.15, -0.1) is 0 Å². The standard InChI is InChI=1S/C15H19N3OS/c1-18(10-12-7-9-20-11-12)8-6-15(19)17-14-5-3-2-4-13(14)16/h2-5,7,9,11H,6,8,10,16H2,1H3,(H,17,19). The Kier molecular flexibility index (Phi) is 5.15. The molecule has 5 heteroatoms. The molecule has 0 saturated heterocycles. The maximum atomic E-state index is 11.9. The lowest BCUT2D eigenvalue weighted by Crippen LogP contribution is -2.24. The predicted molar refractivity (Wildman–Crippen MR) is 84.8 cm³/mol. The highest BCUT2D eigenvalue weighted by molar-refractivity contribution is 7.07. The molecule has 0 unspecified atom stereocenters. The monoisotopic (exact) mass is 289 g/mol. The van der Waals surface area contributed by atoms with E-state index in [1.54, 1.807) is 17.4 Å². The molecule has 0 aliphatic carbocycles. The van der Waals surface area contributed by atoms with Crippen LogP contribution in [-0.4, -0.2) is 24.4 Å². The topological polar surface area (TPSA) is 58.4 Å². The van der Waals surface area contributed by atoms with Gasteiger partial charge in [0.15, 0.2) is 0 Å². The summed E-state index contributed by atoms with van der Waals surface area (Å²) >= 11 is 1.69. The van der Waals surface area contributed by atoms with E-state index in [1.165, 1.54) is 5.56 Å². The van der Waals surface area contributed by atoms with Crippen LogP contribution in [0.25, 0.3) is 0 Å². The van der Waals surface area contributed by atoms with Crippen LogP contribution in [0.5, 0.6) is 0 Å². The molecule has 0 aliphatic rings. The zero-order chi connectivity index (χ0) is 14.4. The Morgan fingerprint density at radius 3 is 2.85 bits per heavy atom. The summed E-state index contributed by atoms with van der Waals surface area (Å²) < 4.78 is 0. The second kappa shape index (κ2) is 7.07. The number of anilines is 2. The van der Waals surface area contributed by atoms with Gasteiger partial charge in [0.1, 0.15) is 0 Å². The Balaban J connectivity index is 1.76. The van der Waals surface area contributed by atoms with E-state index in [9.17, 15) is 4.79 Å². The minimum Gasteiger partial charge on any atom is -0.397 e. The molecule has 1 aromatic carbocycles. The van der Waals surface area contributed by atoms with E-state index in [2.05, 4.69) is 27.0 Å². The Hall–Kier alpha value is -1.85. The number of nitrogens with two attached hydrogens (primary N) is 1. The Morgan fingerprint density at radius 2 is 2.15 bits per heavy atom. The average molecular weight is 289 g/mol. The molecule has 106 valence electrons. The fourth-order valence-corrected chi connectivity index (χ4v) is 2.55. The van der Waals surface area contributed by atoms with Crippen molar-refractivity contribution in [2.75, 3.05) is 24.6 Å². The van der Waals surface area contributed by atoms with E-state index in [0.29, 0.717) is 24.3 Å². The van der Waals surface area contributed by atoms with Gasteiger partial charge in [0, 0.05) is 19.5 Å². The molecule has 3 N–H and O–H groups in total. The number of benzene rings is 1. The molecule has 1 heterocycles. The van der Waals surface area contributed by atoms with Crippen molar-refractivity contribution < 1.29 is 4.79 Å². The van der Waals surface area contributed by atoms with E-state index in [4.69, 9.17) is 5.73 Å². The zero-order valence-electron chi connectivity index (χ0n) is 11.5. The zero-order valence-corrected chi connectivity index (χ0v) is 12.3. The SMILES string of the molecule is CN(CCC(=O)Nc1ccccc1N)Cc1ccsc1. The highest BCUT2D eigenvalue weighted by atomic mass is 32.1. The number of para-hydroxylation sites is 2. The number of hydrogen-bond donors (Lipinski definition) is 2. The van der Waals surface area contributed by atoms with Gasteiger partial charge in [-0.3, -0.25) is 4.79 Å². The number of nitrogens with one attached hydrogen (secondary N) is 1. The molecular weight excluding hydrogens is 270 g/mol. The number of amides is 1. The van der Waals surface area contributed by atoms with Crippen molar-refractivity contribution >= 4 is 28.6 Å². The van der Waals surface area contributed by atoms with E-state index in [1.807, 2.05) is 25.2 Å². The second-order valence-electron chi connectivity index (χ2n) is 4.75. The first-order chi connectivity index (χ1) is 9.65. The van der Waals surface area contributed by atoms with E-state index in [0.717, 1.165) is 6.54 Å². The number of carbonyl (C=O) groups excluding carboxylic acids is 1. The smallest absolute Gasteiger partial charge is 0.225 e. The first-order valence-electron chi connectivity index (χ1n) is 6.49. The molecule has 2 aromatic rings. The fraction of sp³-hybridized carbons (Fsp3) is 0.267. The van der Waals surface area contributed by atoms with Crippen molar-refractivity contribution in [3.63, 3.8) is 0 Å². The predicted octanol–water partition coefficient (Wildman–Crippen LogP) is 2.79. The van der Waals surface area contributed by atoms with Gasteiger partial charge in [-0.1, -0.05) is 12.1 Å². The number of thiophene rings is 1. The third-order valence-electron chi connectivity index (χ3n) is 2.99. The summed E-state index contributed by atoms with van der Waals surface area (Å²) in [6.07, 6.45) is 0.453. The molecule has 0 bridgehead atoms. The van der Waals surface area contributed by atoms with Crippen molar-refractivity contribution in [1.29, 1.82) is 0 Å². The molecule has 0 fully saturated rings. The normalized spacial score (nSPS) is 10.7. The van der Waals surface area contributed by atoms with Crippen LogP contribution in [0.4, 0.5) is 11.4 Å². The minimum atomic E-state index is -0.0138. The molecule has 0 atom stereocenters. The Bertz CT molecular complexity index is 554. The van der Waals surface area contributed by atoms with Gasteiger partial charge >= 0.3 is 0 Å². The molecule has 4 nitrogen and oxygen atoms in total. The van der Waals surface area contributed by atoms with Crippen LogP contribution < -0.4 is 11.1 Å². The molecule has 2 rings (SSSR count). The molecule has 1 aromatic heterocycles. The third-order valence-corrected chi connectivity index (χ3v) is 3.72. The fourth-order valence-electron chi connectivity index (χ4n) is 1.89. The Labute approximate surface area is 123 Å². The highest BCUT2D eigenvalue weighted by Gasteiger charge is 2.07. The van der Waals surface area contributed by atoms with Crippen molar-refractivity contribution in [2.45, 2.75) is 13.0 Å². The van der Waals surface area contributed by atoms with Gasteiger partial charge in [0.25, 0.3) is 0 Å². The van der Waals surface area contributed by atoms with Crippen LogP contribution in [0.2, 0.25) is 0 Å². The molecular formula is C15H19N3OS. The lowest BCUT2D eigenvalue weighted by atomic mass is 10.2. The van der Waals surface area contributed by atoms with Crippen LogP contribution in [0.3, 0.4) is 0 Å². The van der Waals surface area contributed by atoms with Crippen LogP contribution >= 0.6 is 11.3 Å². The summed E-state index contributed by atoms with van der Waals surface area (Å²) in [6.45, 7) is 1.58. The average Bonchev–Trinajstić information content (AvgIpc) is 2.92. The summed E-state index contributed by atoms with van der Waals surface area (Å²) in [5.74, 6) is -0.0138. The van der Waals surface area contributed by atoms with Gasteiger partial charge in [0.2, 0.25) is 5.91 Å². The largest absolute Gasteiger partial charge is 0.397 e. The minimum absolute atomic E-state index is 0.0138. The number of carbonyl (C=O) groups is 1. The lowest BCUT2D eigenvalue weighted by Gasteiger charge is -2.15. The van der Waals surface area contributed by atoms with Crippen molar-refractivity contribution in [2.24, 2.45) is 0 Å². The lowest BCUT2D eigenvalue weighted by molar-refractivity contribution is -0.116. The van der Waals surface area contributed by atoms with E-state index >= 15 is 0 Å². The molecule has 20 heavy (non-hydrogen) atoms. The van der Waals surface area contributed by atoms with Crippen molar-refractivity contribution in [1.82, 2.24) is 4.90 Å². The quantitative estimate of drug-likeness (QED) is 0.804. The molecule has 0 radical (unpaired) electrons. The summed E-state index contributed by atoms with van der Waals surface area (Å²) in [6, 6.07) is 9.39. The third kappa shape index (κ3) is 4.36. The van der Waals surface area contributed by atoms with Crippen LogP contribution in [0.1, 0.15) is 12.0 Å². The van der Waals surface area contributed by atoms with Crippen molar-refractivity contribution in [3.05, 3.63) is 46.7 Å². The second-order valence-corrected chi connectivity index (χ2v) is 5.53. The summed E-state index contributed by atoms with van der Waals surface area (Å²) in [7, 11) is 2.02. The van der Waals surface area contributed by atoms with Gasteiger partial charge < -0.3 is 16.0 Å². The van der Waals surface area contributed by atoms with Crippen LogP contribution in [-0.2, 0) is 11.3 Å². The van der Waals surface area contributed by atoms with Crippen LogP contribution in [0.15, 0.2) is 41.1 Å². The van der Waals surface area contributed by atoms with Gasteiger partial charge in [-0.25, -0.2) is 0 Å². The molecule has 1 amide bonds. The maximum Gasteiger partial charge on any atom is 0.225 e. The van der Waals surface area contributed by atoms with E-state index in [-0.39, 0.29) is 5.91 Å². The molecule has 0 spiro atoms. The van der Waals surface area contributed by atoms with Gasteiger partial charge in [-0.05, 0) is 41.6 Å². The van der Waals surface area contributed by atoms with Gasteiger partial charge in [0.05, 0.1) is 11.4 Å². The van der Waals surface area contributed by atoms with Crippen molar-refractivity contribution in [3.8, 4) is 0 Å². The van der Waals surface area contributed by atoms with E-state index < -0.39 is 0 Å². The number of nitrogens with zero attached hydrogens (tertiary/aromatic N) is 1. The first-order valence-corrected chi connectivity index (χ1v) is 7.43. The highest BCUT2D eigenvalue weighted by Crippen LogP contribution is 2.16. The first kappa shape index (κ1) is 14.6. The van der Waals surface area contributed by atoms with Gasteiger partial charge in [-0.2, -0.15) is 11.3 Å². The van der Waals surface area contributed by atoms with Crippen LogP contribution in [0, 0.1) is 0 Å². The summed E-state index contributed by atoms with van der Waals surface area (Å²) in [4.78, 5) is 14.0. The number of nitrogen functional groups attached to an aromatic ring is 1. The molecule has 0 aliphatic heterocycles. The number of hydrogen-bond acceptors (Lipinski definition) is 4. The maximum absolute atomic E-state index is 11.9. The molecule has 0 saturated carbocycles.